The van der Waals surface area contributed by atoms with E-state index >= 15 is 0 Å². The number of phenolic OH excluding ortho intramolecular Hbond substituents is 3. The van der Waals surface area contributed by atoms with Crippen LogP contribution in [0, 0.1) is 6.92 Å². The molecule has 0 fully saturated rings. The second-order valence-corrected chi connectivity index (χ2v) is 3.35. The van der Waals surface area contributed by atoms with Gasteiger partial charge in [-0.2, -0.15) is 0 Å². The molecule has 16 heavy (non-hydrogen) atoms. The number of phenols is 3. The molecule has 0 radical (unpaired) electrons. The van der Waals surface area contributed by atoms with E-state index in [-0.39, 0.29) is 11.5 Å². The van der Waals surface area contributed by atoms with Crippen LogP contribution in [0.1, 0.15) is 5.56 Å². The lowest BCUT2D eigenvalue weighted by molar-refractivity contribution is 0.460. The largest absolute Gasteiger partial charge is 0.508 e. The Morgan fingerprint density at radius 1 is 0.562 bits per heavy atom. The van der Waals surface area contributed by atoms with Crippen molar-refractivity contribution in [3.05, 3.63) is 54.1 Å². The Morgan fingerprint density at radius 3 is 1.06 bits per heavy atom. The van der Waals surface area contributed by atoms with Crippen LogP contribution in [0.15, 0.2) is 48.5 Å². The Bertz CT molecular complexity index is 332. The molecule has 2 rings (SSSR count). The standard InChI is InChI=1S/C7H8O.C6H6O2/c1-6-2-4-7(8)5-3-6;7-5-1-2-6(8)4-3-5/h2-5,8H,1H3;1-4,7-8H. The summed E-state index contributed by atoms with van der Waals surface area (Å²) in [6, 6.07) is 12.8. The van der Waals surface area contributed by atoms with E-state index < -0.39 is 0 Å². The van der Waals surface area contributed by atoms with Gasteiger partial charge in [0.15, 0.2) is 0 Å². The van der Waals surface area contributed by atoms with Crippen LogP contribution in [0.2, 0.25) is 0 Å². The third kappa shape index (κ3) is 4.37. The zero-order valence-corrected chi connectivity index (χ0v) is 8.96. The van der Waals surface area contributed by atoms with Gasteiger partial charge in [-0.05, 0) is 43.3 Å². The monoisotopic (exact) mass is 218 g/mol. The van der Waals surface area contributed by atoms with Crippen molar-refractivity contribution in [3.8, 4) is 17.2 Å². The topological polar surface area (TPSA) is 60.7 Å². The average Bonchev–Trinajstić information content (AvgIpc) is 2.28. The lowest BCUT2D eigenvalue weighted by atomic mass is 10.2. The van der Waals surface area contributed by atoms with E-state index in [1.807, 2.05) is 19.1 Å². The Morgan fingerprint density at radius 2 is 0.812 bits per heavy atom. The third-order valence-corrected chi connectivity index (χ3v) is 1.88. The van der Waals surface area contributed by atoms with Gasteiger partial charge in [0.05, 0.1) is 0 Å². The molecule has 0 aliphatic carbocycles. The highest BCUT2D eigenvalue weighted by atomic mass is 16.3. The first-order valence-electron chi connectivity index (χ1n) is 4.81. The van der Waals surface area contributed by atoms with Crippen molar-refractivity contribution in [2.45, 2.75) is 6.92 Å². The molecule has 0 aliphatic rings. The molecule has 3 N–H and O–H groups in total. The fourth-order valence-electron chi connectivity index (χ4n) is 0.997. The normalized spacial score (nSPS) is 9.06. The first-order chi connectivity index (χ1) is 7.58. The van der Waals surface area contributed by atoms with Crippen molar-refractivity contribution in [2.75, 3.05) is 0 Å². The maximum absolute atomic E-state index is 8.76. The van der Waals surface area contributed by atoms with E-state index in [4.69, 9.17) is 15.3 Å². The minimum Gasteiger partial charge on any atom is -0.508 e. The van der Waals surface area contributed by atoms with Gasteiger partial charge >= 0.3 is 0 Å². The molecule has 0 saturated heterocycles. The van der Waals surface area contributed by atoms with E-state index in [1.165, 1.54) is 29.8 Å². The smallest absolute Gasteiger partial charge is 0.115 e. The SMILES string of the molecule is Cc1ccc(O)cc1.Oc1ccc(O)cc1. The van der Waals surface area contributed by atoms with Gasteiger partial charge in [-0.1, -0.05) is 17.7 Å². The van der Waals surface area contributed by atoms with Gasteiger partial charge in [0.2, 0.25) is 0 Å². The van der Waals surface area contributed by atoms with Crippen molar-refractivity contribution in [1.82, 2.24) is 0 Å². The molecule has 2 aromatic carbocycles. The highest BCUT2D eigenvalue weighted by Crippen LogP contribution is 2.13. The molecule has 0 unspecified atom stereocenters. The summed E-state index contributed by atoms with van der Waals surface area (Å²) >= 11 is 0. The number of hydrogen-bond donors (Lipinski definition) is 3. The number of hydrogen-bond acceptors (Lipinski definition) is 3. The molecule has 0 saturated carbocycles. The summed E-state index contributed by atoms with van der Waals surface area (Å²) in [4.78, 5) is 0. The zero-order valence-electron chi connectivity index (χ0n) is 8.96. The van der Waals surface area contributed by atoms with Gasteiger partial charge < -0.3 is 15.3 Å². The van der Waals surface area contributed by atoms with Crippen LogP contribution in [-0.2, 0) is 0 Å². The number of aryl methyl sites for hydroxylation is 1. The molecule has 0 spiro atoms. The first kappa shape index (κ1) is 11.9. The van der Waals surface area contributed by atoms with Crippen LogP contribution >= 0.6 is 0 Å². The second kappa shape index (κ2) is 5.66. The summed E-state index contributed by atoms with van der Waals surface area (Å²) in [6.07, 6.45) is 0. The summed E-state index contributed by atoms with van der Waals surface area (Å²) in [5.74, 6) is 0.668. The van der Waals surface area contributed by atoms with Gasteiger partial charge in [-0.15, -0.1) is 0 Å². The second-order valence-electron chi connectivity index (χ2n) is 3.35. The summed E-state index contributed by atoms with van der Waals surface area (Å²) in [7, 11) is 0. The Kier molecular flexibility index (Phi) is 4.21. The summed E-state index contributed by atoms with van der Waals surface area (Å²) in [5.41, 5.74) is 1.17. The summed E-state index contributed by atoms with van der Waals surface area (Å²) in [6.45, 7) is 1.99. The number of aromatic hydroxyl groups is 3. The minimum atomic E-state index is 0.169. The first-order valence-corrected chi connectivity index (χ1v) is 4.81. The van der Waals surface area contributed by atoms with E-state index in [9.17, 15) is 0 Å². The van der Waals surface area contributed by atoms with E-state index in [1.54, 1.807) is 12.1 Å². The fraction of sp³-hybridized carbons (Fsp3) is 0.0769. The van der Waals surface area contributed by atoms with E-state index in [2.05, 4.69) is 0 Å². The van der Waals surface area contributed by atoms with Crippen LogP contribution in [0.3, 0.4) is 0 Å². The fourth-order valence-corrected chi connectivity index (χ4v) is 0.997. The molecular formula is C13H14O3. The maximum Gasteiger partial charge on any atom is 0.115 e. The quantitative estimate of drug-likeness (QED) is 0.596. The molecule has 3 heteroatoms. The Labute approximate surface area is 94.2 Å². The van der Waals surface area contributed by atoms with E-state index in [0.717, 1.165) is 0 Å². The van der Waals surface area contributed by atoms with Crippen LogP contribution < -0.4 is 0 Å². The molecule has 0 amide bonds. The summed E-state index contributed by atoms with van der Waals surface area (Å²) in [5, 5.41) is 26.0. The van der Waals surface area contributed by atoms with Gasteiger partial charge in [0, 0.05) is 0 Å². The molecule has 0 bridgehead atoms. The molecule has 0 atom stereocenters. The molecule has 2 aromatic rings. The average molecular weight is 218 g/mol. The highest BCUT2D eigenvalue weighted by molar-refractivity contribution is 5.28. The summed E-state index contributed by atoms with van der Waals surface area (Å²) < 4.78 is 0. The van der Waals surface area contributed by atoms with Gasteiger partial charge in [-0.25, -0.2) is 0 Å². The molecule has 84 valence electrons. The van der Waals surface area contributed by atoms with Crippen LogP contribution in [0.4, 0.5) is 0 Å². The van der Waals surface area contributed by atoms with Crippen molar-refractivity contribution in [2.24, 2.45) is 0 Å². The minimum absolute atomic E-state index is 0.169. The van der Waals surface area contributed by atoms with Crippen LogP contribution in [-0.4, -0.2) is 15.3 Å². The molecule has 0 aromatic heterocycles. The predicted octanol–water partition coefficient (Wildman–Crippen LogP) is 2.80. The number of benzene rings is 2. The lowest BCUT2D eigenvalue weighted by Gasteiger charge is -1.89. The molecule has 0 heterocycles. The van der Waals surface area contributed by atoms with Crippen LogP contribution in [0.25, 0.3) is 0 Å². The molecule has 0 aliphatic heterocycles. The molecule has 3 nitrogen and oxygen atoms in total. The van der Waals surface area contributed by atoms with Gasteiger partial charge in [0.25, 0.3) is 0 Å². The number of rotatable bonds is 0. The zero-order chi connectivity index (χ0) is 12.0. The molecular weight excluding hydrogens is 204 g/mol. The predicted molar refractivity (Wildman–Crippen MR) is 62.6 cm³/mol. The third-order valence-electron chi connectivity index (χ3n) is 1.88. The van der Waals surface area contributed by atoms with Crippen molar-refractivity contribution < 1.29 is 15.3 Å². The Balaban J connectivity index is 0.000000160. The van der Waals surface area contributed by atoms with Gasteiger partial charge in [-0.3, -0.25) is 0 Å². The van der Waals surface area contributed by atoms with Crippen LogP contribution in [0.5, 0.6) is 17.2 Å². The van der Waals surface area contributed by atoms with Crippen molar-refractivity contribution in [3.63, 3.8) is 0 Å². The highest BCUT2D eigenvalue weighted by Gasteiger charge is 1.84. The Hall–Kier alpha value is -2.16. The maximum atomic E-state index is 8.76. The van der Waals surface area contributed by atoms with Crippen molar-refractivity contribution in [1.29, 1.82) is 0 Å². The lowest BCUT2D eigenvalue weighted by Crippen LogP contribution is -1.66. The van der Waals surface area contributed by atoms with Gasteiger partial charge in [0.1, 0.15) is 17.2 Å². The van der Waals surface area contributed by atoms with E-state index in [0.29, 0.717) is 5.75 Å². The van der Waals surface area contributed by atoms with Crippen molar-refractivity contribution >= 4 is 0 Å².